The monoisotopic (exact) mass is 308 g/mol. The average Bonchev–Trinajstić information content (AvgIpc) is 2.94. The lowest BCUT2D eigenvalue weighted by Crippen LogP contribution is -2.40. The molecule has 116 valence electrons. The summed E-state index contributed by atoms with van der Waals surface area (Å²) in [6.07, 6.45) is 1.75. The number of thioether (sulfide) groups is 1. The molecule has 0 saturated carbocycles. The zero-order chi connectivity index (χ0) is 15.2. The fourth-order valence-corrected chi connectivity index (χ4v) is 3.79. The lowest BCUT2D eigenvalue weighted by molar-refractivity contribution is 0.173. The Bertz CT molecular complexity index is 467. The maximum Gasteiger partial charge on any atom is 0.314 e. The predicted octanol–water partition coefficient (Wildman–Crippen LogP) is 2.53. The molecule has 0 aromatic heterocycles. The molecule has 2 rings (SSSR count). The average molecular weight is 308 g/mol. The Kier molecular flexibility index (Phi) is 5.94. The molecule has 4 nitrogen and oxygen atoms in total. The molecule has 1 saturated heterocycles. The summed E-state index contributed by atoms with van der Waals surface area (Å²) in [5, 5.41) is 16.3. The van der Waals surface area contributed by atoms with Crippen LogP contribution in [0.15, 0.2) is 18.2 Å². The highest BCUT2D eigenvalue weighted by Gasteiger charge is 2.16. The zero-order valence-corrected chi connectivity index (χ0v) is 13.5. The van der Waals surface area contributed by atoms with E-state index >= 15 is 0 Å². The molecule has 1 aromatic carbocycles. The topological polar surface area (TPSA) is 61.4 Å². The molecule has 2 atom stereocenters. The van der Waals surface area contributed by atoms with E-state index in [4.69, 9.17) is 0 Å². The first kappa shape index (κ1) is 16.2. The van der Waals surface area contributed by atoms with E-state index in [2.05, 4.69) is 16.7 Å². The molecule has 0 unspecified atom stereocenters. The first-order chi connectivity index (χ1) is 10.0. The van der Waals surface area contributed by atoms with Crippen LogP contribution in [0.5, 0.6) is 0 Å². The van der Waals surface area contributed by atoms with Crippen molar-refractivity contribution in [3.8, 4) is 0 Å². The lowest BCUT2D eigenvalue weighted by Gasteiger charge is -2.15. The van der Waals surface area contributed by atoms with Crippen molar-refractivity contribution in [2.24, 2.45) is 0 Å². The van der Waals surface area contributed by atoms with Crippen LogP contribution >= 0.6 is 11.8 Å². The lowest BCUT2D eigenvalue weighted by atomic mass is 10.0. The Morgan fingerprint density at radius 3 is 2.67 bits per heavy atom. The highest BCUT2D eigenvalue weighted by Crippen LogP contribution is 2.25. The Hall–Kier alpha value is -1.20. The normalized spacial score (nSPS) is 19.3. The third-order valence-electron chi connectivity index (χ3n) is 3.60. The largest absolute Gasteiger partial charge is 0.387 e. The van der Waals surface area contributed by atoms with Gasteiger partial charge in [-0.2, -0.15) is 11.8 Å². The standard InChI is InChI=1S/C16H24N2O2S/c1-11-6-12(2)8-13(7-11)15(19)10-18-16(20)17-9-14-4-3-5-21-14/h6-8,14-15,19H,3-5,9-10H2,1-2H3,(H2,17,18,20)/t14-,15+/m1/s1. The van der Waals surface area contributed by atoms with Crippen molar-refractivity contribution in [2.45, 2.75) is 38.0 Å². The number of amides is 2. The molecule has 5 heteroatoms. The number of aliphatic hydroxyl groups excluding tert-OH is 1. The number of carbonyl (C=O) groups is 1. The van der Waals surface area contributed by atoms with Gasteiger partial charge in [0, 0.05) is 18.3 Å². The predicted molar refractivity (Wildman–Crippen MR) is 87.8 cm³/mol. The number of aliphatic hydroxyl groups is 1. The Morgan fingerprint density at radius 2 is 2.05 bits per heavy atom. The number of carbonyl (C=O) groups excluding carboxylic acids is 1. The van der Waals surface area contributed by atoms with Crippen LogP contribution in [0.1, 0.15) is 35.6 Å². The van der Waals surface area contributed by atoms with Gasteiger partial charge in [-0.1, -0.05) is 29.3 Å². The number of rotatable bonds is 5. The quantitative estimate of drug-likeness (QED) is 0.783. The second-order valence-electron chi connectivity index (χ2n) is 5.66. The van der Waals surface area contributed by atoms with Crippen LogP contribution in [0.4, 0.5) is 4.79 Å². The summed E-state index contributed by atoms with van der Waals surface area (Å²) in [7, 11) is 0. The SMILES string of the molecule is Cc1cc(C)cc([C@@H](O)CNC(=O)NC[C@H]2CCCS2)c1. The van der Waals surface area contributed by atoms with Crippen molar-refractivity contribution in [3.05, 3.63) is 34.9 Å². The fraction of sp³-hybridized carbons (Fsp3) is 0.562. The number of hydrogen-bond acceptors (Lipinski definition) is 3. The molecule has 0 radical (unpaired) electrons. The van der Waals surface area contributed by atoms with Crippen molar-refractivity contribution in [1.29, 1.82) is 0 Å². The van der Waals surface area contributed by atoms with Crippen molar-refractivity contribution < 1.29 is 9.90 Å². The molecule has 1 heterocycles. The number of benzene rings is 1. The maximum atomic E-state index is 11.7. The van der Waals surface area contributed by atoms with Gasteiger partial charge in [0.25, 0.3) is 0 Å². The summed E-state index contributed by atoms with van der Waals surface area (Å²) in [6, 6.07) is 5.76. The van der Waals surface area contributed by atoms with Gasteiger partial charge in [0.05, 0.1) is 6.10 Å². The first-order valence-corrected chi connectivity index (χ1v) is 8.49. The molecule has 3 N–H and O–H groups in total. The van der Waals surface area contributed by atoms with Gasteiger partial charge in [-0.05, 0) is 38.0 Å². The maximum absolute atomic E-state index is 11.7. The molecule has 1 aliphatic heterocycles. The zero-order valence-electron chi connectivity index (χ0n) is 12.7. The Labute approximate surface area is 130 Å². The van der Waals surface area contributed by atoms with E-state index in [-0.39, 0.29) is 12.6 Å². The van der Waals surface area contributed by atoms with Crippen molar-refractivity contribution >= 4 is 17.8 Å². The number of nitrogens with one attached hydrogen (secondary N) is 2. The third kappa shape index (κ3) is 5.25. The van der Waals surface area contributed by atoms with Crippen molar-refractivity contribution in [2.75, 3.05) is 18.8 Å². The van der Waals surface area contributed by atoms with E-state index in [1.807, 2.05) is 37.7 Å². The van der Waals surface area contributed by atoms with Gasteiger partial charge in [0.1, 0.15) is 0 Å². The van der Waals surface area contributed by atoms with E-state index in [1.54, 1.807) is 0 Å². The minimum Gasteiger partial charge on any atom is -0.387 e. The van der Waals surface area contributed by atoms with Crippen LogP contribution in [-0.4, -0.2) is 35.2 Å². The molecule has 21 heavy (non-hydrogen) atoms. The Balaban J connectivity index is 1.74. The summed E-state index contributed by atoms with van der Waals surface area (Å²) >= 11 is 1.92. The van der Waals surface area contributed by atoms with Crippen LogP contribution in [0.2, 0.25) is 0 Å². The molecule has 1 aliphatic rings. The second kappa shape index (κ2) is 7.71. The van der Waals surface area contributed by atoms with Crippen LogP contribution in [0.25, 0.3) is 0 Å². The number of aryl methyl sites for hydroxylation is 2. The van der Waals surface area contributed by atoms with Crippen LogP contribution in [0.3, 0.4) is 0 Å². The van der Waals surface area contributed by atoms with Crippen LogP contribution < -0.4 is 10.6 Å². The molecule has 1 aromatic rings. The highest BCUT2D eigenvalue weighted by atomic mass is 32.2. The minimum absolute atomic E-state index is 0.203. The van der Waals surface area contributed by atoms with Gasteiger partial charge in [0.15, 0.2) is 0 Å². The van der Waals surface area contributed by atoms with Gasteiger partial charge in [-0.3, -0.25) is 0 Å². The van der Waals surface area contributed by atoms with Crippen molar-refractivity contribution in [1.82, 2.24) is 10.6 Å². The molecular formula is C16H24N2O2S. The van der Waals surface area contributed by atoms with Gasteiger partial charge in [0.2, 0.25) is 0 Å². The molecule has 1 fully saturated rings. The smallest absolute Gasteiger partial charge is 0.314 e. The summed E-state index contributed by atoms with van der Waals surface area (Å²) in [4.78, 5) is 11.7. The summed E-state index contributed by atoms with van der Waals surface area (Å²) in [5.41, 5.74) is 3.08. The molecule has 0 bridgehead atoms. The molecule has 0 spiro atoms. The Morgan fingerprint density at radius 1 is 1.33 bits per heavy atom. The fourth-order valence-electron chi connectivity index (χ4n) is 2.58. The van der Waals surface area contributed by atoms with Gasteiger partial charge in [-0.25, -0.2) is 4.79 Å². The molecule has 2 amide bonds. The first-order valence-electron chi connectivity index (χ1n) is 7.44. The minimum atomic E-state index is -0.671. The van der Waals surface area contributed by atoms with E-state index in [0.717, 1.165) is 16.7 Å². The molecular weight excluding hydrogens is 284 g/mol. The summed E-state index contributed by atoms with van der Waals surface area (Å²) < 4.78 is 0. The van der Waals surface area contributed by atoms with E-state index in [0.29, 0.717) is 11.8 Å². The third-order valence-corrected chi connectivity index (χ3v) is 5.00. The van der Waals surface area contributed by atoms with Gasteiger partial charge < -0.3 is 15.7 Å². The highest BCUT2D eigenvalue weighted by molar-refractivity contribution is 8.00. The summed E-state index contributed by atoms with van der Waals surface area (Å²) in [5.74, 6) is 1.19. The van der Waals surface area contributed by atoms with Crippen LogP contribution in [-0.2, 0) is 0 Å². The molecule has 0 aliphatic carbocycles. The number of urea groups is 1. The van der Waals surface area contributed by atoms with Gasteiger partial charge >= 0.3 is 6.03 Å². The van der Waals surface area contributed by atoms with E-state index < -0.39 is 6.10 Å². The van der Waals surface area contributed by atoms with Gasteiger partial charge in [-0.15, -0.1) is 0 Å². The van der Waals surface area contributed by atoms with Crippen LogP contribution in [0, 0.1) is 13.8 Å². The number of hydrogen-bond donors (Lipinski definition) is 3. The van der Waals surface area contributed by atoms with E-state index in [1.165, 1.54) is 18.6 Å². The van der Waals surface area contributed by atoms with E-state index in [9.17, 15) is 9.90 Å². The summed E-state index contributed by atoms with van der Waals surface area (Å²) in [6.45, 7) is 4.94. The second-order valence-corrected chi connectivity index (χ2v) is 7.07. The van der Waals surface area contributed by atoms with Crippen molar-refractivity contribution in [3.63, 3.8) is 0 Å².